The van der Waals surface area contributed by atoms with E-state index in [9.17, 15) is 4.79 Å². The Balaban J connectivity index is 1.51. The molecule has 0 fully saturated rings. The quantitative estimate of drug-likeness (QED) is 0.327. The molecular formula is C27H28N2O3. The predicted molar refractivity (Wildman–Crippen MR) is 128 cm³/mol. The van der Waals surface area contributed by atoms with Gasteiger partial charge in [0.2, 0.25) is 5.89 Å². The molecule has 32 heavy (non-hydrogen) atoms. The van der Waals surface area contributed by atoms with Crippen LogP contribution >= 0.6 is 0 Å². The Bertz CT molecular complexity index is 1210. The van der Waals surface area contributed by atoms with Crippen LogP contribution in [0.15, 0.2) is 71.1 Å². The standard InChI is InChI=1S/C27H28N2O3/c1-4-15-31-23-12-9-19(10-13-23)26(30)28-22-8-6-7-21(16-22)27-29-24-17-20(18(3)5-2)11-14-25(24)32-27/h6-14,16-18H,4-5,15H2,1-3H3,(H,28,30). The number of anilines is 1. The predicted octanol–water partition coefficient (Wildman–Crippen LogP) is 7.05. The summed E-state index contributed by atoms with van der Waals surface area (Å²) in [5.74, 6) is 1.60. The van der Waals surface area contributed by atoms with Gasteiger partial charge in [-0.05, 0) is 78.9 Å². The van der Waals surface area contributed by atoms with E-state index in [0.717, 1.165) is 35.3 Å². The summed E-state index contributed by atoms with van der Waals surface area (Å²) in [6.07, 6.45) is 2.02. The second-order valence-electron chi connectivity index (χ2n) is 7.96. The van der Waals surface area contributed by atoms with Crippen molar-refractivity contribution in [2.45, 2.75) is 39.5 Å². The number of ether oxygens (including phenoxy) is 1. The molecule has 4 rings (SSSR count). The number of hydrogen-bond donors (Lipinski definition) is 1. The van der Waals surface area contributed by atoms with Crippen molar-refractivity contribution in [1.82, 2.24) is 4.98 Å². The van der Waals surface area contributed by atoms with Gasteiger partial charge >= 0.3 is 0 Å². The molecule has 164 valence electrons. The zero-order valence-electron chi connectivity index (χ0n) is 18.7. The van der Waals surface area contributed by atoms with Gasteiger partial charge in [-0.15, -0.1) is 0 Å². The molecule has 4 aromatic rings. The molecule has 0 radical (unpaired) electrons. The van der Waals surface area contributed by atoms with Crippen LogP contribution in [0.3, 0.4) is 0 Å². The van der Waals surface area contributed by atoms with Crippen molar-refractivity contribution in [3.8, 4) is 17.2 Å². The Kier molecular flexibility index (Phi) is 6.55. The van der Waals surface area contributed by atoms with Gasteiger partial charge in [-0.2, -0.15) is 0 Å². The molecule has 1 amide bonds. The van der Waals surface area contributed by atoms with Crippen LogP contribution in [0, 0.1) is 0 Å². The van der Waals surface area contributed by atoms with E-state index >= 15 is 0 Å². The number of aromatic nitrogens is 1. The van der Waals surface area contributed by atoms with Crippen molar-refractivity contribution in [3.05, 3.63) is 77.9 Å². The van der Waals surface area contributed by atoms with E-state index in [4.69, 9.17) is 9.15 Å². The number of benzene rings is 3. The first-order valence-electron chi connectivity index (χ1n) is 11.1. The number of fused-ring (bicyclic) bond motifs is 1. The second kappa shape index (κ2) is 9.69. The molecule has 1 N–H and O–H groups in total. The zero-order chi connectivity index (χ0) is 22.5. The summed E-state index contributed by atoms with van der Waals surface area (Å²) in [6.45, 7) is 7.10. The van der Waals surface area contributed by atoms with Crippen LogP contribution in [0.5, 0.6) is 5.75 Å². The molecule has 5 nitrogen and oxygen atoms in total. The maximum absolute atomic E-state index is 12.7. The molecule has 5 heteroatoms. The molecule has 0 saturated heterocycles. The SMILES string of the molecule is CCCOc1ccc(C(=O)Nc2cccc(-c3nc4cc(C(C)CC)ccc4o3)c2)cc1. The molecule has 1 aromatic heterocycles. The highest BCUT2D eigenvalue weighted by Gasteiger charge is 2.12. The Labute approximate surface area is 188 Å². The average molecular weight is 429 g/mol. The number of carbonyl (C=O) groups excluding carboxylic acids is 1. The van der Waals surface area contributed by atoms with Gasteiger partial charge < -0.3 is 14.5 Å². The molecule has 1 heterocycles. The largest absolute Gasteiger partial charge is 0.494 e. The molecular weight excluding hydrogens is 400 g/mol. The van der Waals surface area contributed by atoms with Crippen LogP contribution in [0.25, 0.3) is 22.6 Å². The number of rotatable bonds is 8. The minimum absolute atomic E-state index is 0.181. The lowest BCUT2D eigenvalue weighted by Gasteiger charge is -2.08. The monoisotopic (exact) mass is 428 g/mol. The van der Waals surface area contributed by atoms with Gasteiger partial charge in [0.15, 0.2) is 5.58 Å². The van der Waals surface area contributed by atoms with Crippen molar-refractivity contribution in [1.29, 1.82) is 0 Å². The van der Waals surface area contributed by atoms with Crippen LogP contribution in [-0.2, 0) is 0 Å². The van der Waals surface area contributed by atoms with E-state index in [1.807, 2.05) is 42.5 Å². The highest BCUT2D eigenvalue weighted by atomic mass is 16.5. The fourth-order valence-corrected chi connectivity index (χ4v) is 3.47. The van der Waals surface area contributed by atoms with Gasteiger partial charge in [-0.25, -0.2) is 4.98 Å². The van der Waals surface area contributed by atoms with E-state index in [1.54, 1.807) is 12.1 Å². The van der Waals surface area contributed by atoms with E-state index < -0.39 is 0 Å². The van der Waals surface area contributed by atoms with E-state index in [1.165, 1.54) is 5.56 Å². The Hall–Kier alpha value is -3.60. The maximum Gasteiger partial charge on any atom is 0.255 e. The van der Waals surface area contributed by atoms with Gasteiger partial charge in [0, 0.05) is 16.8 Å². The Morgan fingerprint density at radius 3 is 2.62 bits per heavy atom. The molecule has 0 saturated carbocycles. The fourth-order valence-electron chi connectivity index (χ4n) is 3.47. The summed E-state index contributed by atoms with van der Waals surface area (Å²) in [6, 6.07) is 20.9. The smallest absolute Gasteiger partial charge is 0.255 e. The lowest BCUT2D eigenvalue weighted by atomic mass is 9.98. The summed E-state index contributed by atoms with van der Waals surface area (Å²) < 4.78 is 11.6. The summed E-state index contributed by atoms with van der Waals surface area (Å²) in [5, 5.41) is 2.95. The van der Waals surface area contributed by atoms with Crippen molar-refractivity contribution in [2.75, 3.05) is 11.9 Å². The molecule has 0 bridgehead atoms. The van der Waals surface area contributed by atoms with Crippen LogP contribution in [-0.4, -0.2) is 17.5 Å². The number of oxazole rings is 1. The number of amides is 1. The Morgan fingerprint density at radius 1 is 1.06 bits per heavy atom. The molecule has 0 aliphatic heterocycles. The van der Waals surface area contributed by atoms with Gasteiger partial charge in [0.25, 0.3) is 5.91 Å². The minimum atomic E-state index is -0.181. The maximum atomic E-state index is 12.7. The van der Waals surface area contributed by atoms with E-state index in [2.05, 4.69) is 43.2 Å². The Morgan fingerprint density at radius 2 is 1.88 bits per heavy atom. The normalized spacial score (nSPS) is 12.0. The zero-order valence-corrected chi connectivity index (χ0v) is 18.7. The van der Waals surface area contributed by atoms with Crippen LogP contribution in [0.4, 0.5) is 5.69 Å². The van der Waals surface area contributed by atoms with Crippen molar-refractivity contribution < 1.29 is 13.9 Å². The van der Waals surface area contributed by atoms with E-state index in [0.29, 0.717) is 29.7 Å². The van der Waals surface area contributed by atoms with Gasteiger partial charge in [-0.3, -0.25) is 4.79 Å². The van der Waals surface area contributed by atoms with Gasteiger partial charge in [0.1, 0.15) is 11.3 Å². The molecule has 0 spiro atoms. The topological polar surface area (TPSA) is 64.4 Å². The lowest BCUT2D eigenvalue weighted by molar-refractivity contribution is 0.102. The summed E-state index contributed by atoms with van der Waals surface area (Å²) in [7, 11) is 0. The highest BCUT2D eigenvalue weighted by molar-refractivity contribution is 6.04. The van der Waals surface area contributed by atoms with Crippen LogP contribution in [0.2, 0.25) is 0 Å². The highest BCUT2D eigenvalue weighted by Crippen LogP contribution is 2.29. The first-order valence-corrected chi connectivity index (χ1v) is 11.1. The van der Waals surface area contributed by atoms with Crippen LogP contribution in [0.1, 0.15) is 55.5 Å². The number of nitrogens with one attached hydrogen (secondary N) is 1. The third kappa shape index (κ3) is 4.83. The third-order valence-electron chi connectivity index (χ3n) is 5.55. The van der Waals surface area contributed by atoms with Crippen molar-refractivity contribution in [2.24, 2.45) is 0 Å². The first kappa shape index (κ1) is 21.6. The van der Waals surface area contributed by atoms with Crippen molar-refractivity contribution >= 4 is 22.7 Å². The average Bonchev–Trinajstić information content (AvgIpc) is 3.26. The van der Waals surface area contributed by atoms with Gasteiger partial charge in [0.05, 0.1) is 6.61 Å². The minimum Gasteiger partial charge on any atom is -0.494 e. The van der Waals surface area contributed by atoms with Crippen molar-refractivity contribution in [3.63, 3.8) is 0 Å². The van der Waals surface area contributed by atoms with Crippen LogP contribution < -0.4 is 10.1 Å². The van der Waals surface area contributed by atoms with E-state index in [-0.39, 0.29) is 5.91 Å². The first-order chi connectivity index (χ1) is 15.6. The fraction of sp³-hybridized carbons (Fsp3) is 0.259. The molecule has 1 atom stereocenters. The molecule has 3 aromatic carbocycles. The molecule has 0 aliphatic rings. The molecule has 1 unspecified atom stereocenters. The molecule has 0 aliphatic carbocycles. The second-order valence-corrected chi connectivity index (χ2v) is 7.96. The lowest BCUT2D eigenvalue weighted by Crippen LogP contribution is -2.11. The summed E-state index contributed by atoms with van der Waals surface area (Å²) in [5.41, 5.74) is 4.92. The third-order valence-corrected chi connectivity index (χ3v) is 5.55. The summed E-state index contributed by atoms with van der Waals surface area (Å²) >= 11 is 0. The number of hydrogen-bond acceptors (Lipinski definition) is 4. The summed E-state index contributed by atoms with van der Waals surface area (Å²) in [4.78, 5) is 17.3. The number of carbonyl (C=O) groups is 1. The number of nitrogens with zero attached hydrogens (tertiary/aromatic N) is 1. The van der Waals surface area contributed by atoms with Gasteiger partial charge in [-0.1, -0.05) is 32.9 Å².